The van der Waals surface area contributed by atoms with Gasteiger partial charge in [0.2, 0.25) is 8.32 Å². The van der Waals surface area contributed by atoms with Crippen molar-refractivity contribution >= 4 is 20.1 Å². The van der Waals surface area contributed by atoms with Crippen LogP contribution in [0.3, 0.4) is 0 Å². The van der Waals surface area contributed by atoms with Gasteiger partial charge in [-0.3, -0.25) is 9.59 Å². The van der Waals surface area contributed by atoms with Gasteiger partial charge in [0.15, 0.2) is 0 Å². The molecule has 2 saturated heterocycles. The van der Waals surface area contributed by atoms with Gasteiger partial charge in [0.25, 0.3) is 0 Å². The summed E-state index contributed by atoms with van der Waals surface area (Å²) in [7, 11) is -0.842. The van der Waals surface area contributed by atoms with E-state index in [4.69, 9.17) is 13.9 Å². The van der Waals surface area contributed by atoms with Crippen molar-refractivity contribution in [3.8, 4) is 0 Å². The molecule has 2 bridgehead atoms. The summed E-state index contributed by atoms with van der Waals surface area (Å²) in [5, 5.41) is 10.8. The molecule has 1 saturated carbocycles. The van der Waals surface area contributed by atoms with Gasteiger partial charge in [-0.15, -0.1) is 0 Å². The highest BCUT2D eigenvalue weighted by atomic mass is 28.4. The van der Waals surface area contributed by atoms with Crippen LogP contribution in [0.15, 0.2) is 0 Å². The van der Waals surface area contributed by atoms with Crippen LogP contribution in [0.4, 0.5) is 0 Å². The van der Waals surface area contributed by atoms with Crippen LogP contribution in [0.1, 0.15) is 54.4 Å². The van der Waals surface area contributed by atoms with E-state index in [1.54, 1.807) is 0 Å². The normalized spacial score (nSPS) is 37.8. The number of hydrogen-bond acceptors (Lipinski definition) is 6. The summed E-state index contributed by atoms with van der Waals surface area (Å²) in [6, 6.07) is 0. The van der Waals surface area contributed by atoms with Gasteiger partial charge in [-0.1, -0.05) is 41.5 Å². The van der Waals surface area contributed by atoms with Gasteiger partial charge in [-0.25, -0.2) is 0 Å². The Kier molecular flexibility index (Phi) is 6.12. The highest BCUT2D eigenvalue weighted by molar-refractivity contribution is 6.77. The fraction of sp³-hybridized carbons (Fsp3) is 0.905. The zero-order chi connectivity index (χ0) is 21.0. The third-order valence-electron chi connectivity index (χ3n) is 7.51. The first-order valence-electron chi connectivity index (χ1n) is 10.7. The highest BCUT2D eigenvalue weighted by Gasteiger charge is 2.64. The number of ether oxygens (including phenoxy) is 2. The van der Waals surface area contributed by atoms with Gasteiger partial charge >= 0.3 is 5.97 Å². The van der Waals surface area contributed by atoms with Crippen molar-refractivity contribution in [2.24, 2.45) is 17.8 Å². The Morgan fingerprint density at radius 2 is 1.71 bits per heavy atom. The van der Waals surface area contributed by atoms with Crippen LogP contribution in [-0.2, 0) is 23.5 Å². The SMILES string of the molecule is COC(=O)[C@@H]1[C@H]2[C@H]3O[C@@H]1CC(=O)[C@H]3[C@@H](O)C[C@@H]2O[Si](C(C)C)(C(C)C)C(C)C. The van der Waals surface area contributed by atoms with Crippen molar-refractivity contribution in [3.63, 3.8) is 0 Å². The summed E-state index contributed by atoms with van der Waals surface area (Å²) in [6.45, 7) is 13.3. The number of methoxy groups -OCH3 is 1. The fourth-order valence-electron chi connectivity index (χ4n) is 6.51. The average molecular weight is 413 g/mol. The van der Waals surface area contributed by atoms with Gasteiger partial charge in [-0.05, 0) is 23.0 Å². The molecule has 160 valence electrons. The van der Waals surface area contributed by atoms with Crippen LogP contribution in [0.2, 0.25) is 16.6 Å². The van der Waals surface area contributed by atoms with Crippen molar-refractivity contribution in [2.75, 3.05) is 7.11 Å². The topological polar surface area (TPSA) is 82.1 Å². The number of fused-ring (bicyclic) bond motifs is 1. The molecule has 0 aromatic carbocycles. The molecule has 6 nitrogen and oxygen atoms in total. The van der Waals surface area contributed by atoms with E-state index in [1.165, 1.54) is 7.11 Å². The number of carbonyl (C=O) groups excluding carboxylic acids is 2. The van der Waals surface area contributed by atoms with Gasteiger partial charge < -0.3 is 19.0 Å². The standard InChI is InChI=1S/C21H36O6Si/c1-10(2)28(11(3)4,12(5)6)27-16-9-14(23)17-13(22)8-15-19(21(24)25-7)18(16)20(17)26-15/h10-12,14-20,23H,8-9H2,1-7H3/t14-,15+,16-,17-,18-,19-,20-/m0/s1. The van der Waals surface area contributed by atoms with Crippen LogP contribution >= 0.6 is 0 Å². The Balaban J connectivity index is 2.01. The number of ketones is 1. The van der Waals surface area contributed by atoms with Crippen LogP contribution in [0.25, 0.3) is 0 Å². The van der Waals surface area contributed by atoms with Crippen molar-refractivity contribution in [3.05, 3.63) is 0 Å². The Labute approximate surface area is 169 Å². The summed E-state index contributed by atoms with van der Waals surface area (Å²) in [6.07, 6.45) is -1.45. The van der Waals surface area contributed by atoms with Crippen molar-refractivity contribution in [1.82, 2.24) is 0 Å². The molecular weight excluding hydrogens is 376 g/mol. The molecule has 0 spiro atoms. The zero-order valence-electron chi connectivity index (χ0n) is 18.2. The van der Waals surface area contributed by atoms with Gasteiger partial charge in [0.05, 0.1) is 43.4 Å². The molecule has 2 aliphatic heterocycles. The maximum absolute atomic E-state index is 12.6. The van der Waals surface area contributed by atoms with Gasteiger partial charge in [0.1, 0.15) is 5.78 Å². The maximum atomic E-state index is 12.6. The van der Waals surface area contributed by atoms with E-state index in [0.29, 0.717) is 23.0 Å². The summed E-state index contributed by atoms with van der Waals surface area (Å²) < 4.78 is 18.2. The molecule has 1 N–H and O–H groups in total. The molecule has 1 aliphatic carbocycles. The summed E-state index contributed by atoms with van der Waals surface area (Å²) in [5.41, 5.74) is 1.17. The summed E-state index contributed by atoms with van der Waals surface area (Å²) in [5.74, 6) is -1.62. The quantitative estimate of drug-likeness (QED) is 0.533. The van der Waals surface area contributed by atoms with E-state index >= 15 is 0 Å². The Bertz CT molecular complexity index is 596. The Morgan fingerprint density at radius 1 is 1.14 bits per heavy atom. The minimum absolute atomic E-state index is 0.00342. The molecule has 0 aromatic rings. The lowest BCUT2D eigenvalue weighted by atomic mass is 9.71. The first kappa shape index (κ1) is 21.9. The van der Waals surface area contributed by atoms with Crippen LogP contribution in [-0.4, -0.2) is 56.7 Å². The monoisotopic (exact) mass is 412 g/mol. The minimum Gasteiger partial charge on any atom is -0.469 e. The van der Waals surface area contributed by atoms with E-state index < -0.39 is 38.5 Å². The maximum Gasteiger partial charge on any atom is 0.311 e. The van der Waals surface area contributed by atoms with Crippen molar-refractivity contribution in [1.29, 1.82) is 0 Å². The minimum atomic E-state index is -2.22. The predicted molar refractivity (Wildman–Crippen MR) is 107 cm³/mol. The second-order valence-electron chi connectivity index (χ2n) is 9.74. The van der Waals surface area contributed by atoms with E-state index in [2.05, 4.69) is 41.5 Å². The van der Waals surface area contributed by atoms with Gasteiger partial charge in [-0.2, -0.15) is 0 Å². The third kappa shape index (κ3) is 3.18. The average Bonchev–Trinajstić information content (AvgIpc) is 2.92. The number of hydrogen-bond donors (Lipinski definition) is 1. The number of rotatable bonds is 6. The first-order chi connectivity index (χ1) is 13.1. The smallest absolute Gasteiger partial charge is 0.311 e. The molecule has 0 unspecified atom stereocenters. The fourth-order valence-corrected chi connectivity index (χ4v) is 12.1. The largest absolute Gasteiger partial charge is 0.469 e. The van der Waals surface area contributed by atoms with Crippen LogP contribution in [0.5, 0.6) is 0 Å². The van der Waals surface area contributed by atoms with E-state index in [1.807, 2.05) is 0 Å². The summed E-state index contributed by atoms with van der Waals surface area (Å²) >= 11 is 0. The van der Waals surface area contributed by atoms with Crippen LogP contribution < -0.4 is 0 Å². The second kappa shape index (κ2) is 7.82. The predicted octanol–water partition coefficient (Wildman–Crippen LogP) is 3.07. The number of Topliss-reactive ketones (excluding diaryl/α,β-unsaturated/α-hetero) is 1. The first-order valence-corrected chi connectivity index (χ1v) is 12.8. The van der Waals surface area contributed by atoms with E-state index in [9.17, 15) is 14.7 Å². The second-order valence-corrected chi connectivity index (χ2v) is 15.1. The van der Waals surface area contributed by atoms with Gasteiger partial charge in [0, 0.05) is 12.3 Å². The molecule has 7 heteroatoms. The lowest BCUT2D eigenvalue weighted by Crippen LogP contribution is -2.58. The highest BCUT2D eigenvalue weighted by Crippen LogP contribution is 2.53. The molecule has 2 heterocycles. The molecule has 0 radical (unpaired) electrons. The molecule has 3 fully saturated rings. The van der Waals surface area contributed by atoms with Crippen LogP contribution in [0, 0.1) is 17.8 Å². The Hall–Kier alpha value is -0.763. The van der Waals surface area contributed by atoms with Crippen molar-refractivity contribution in [2.45, 2.75) is 95.4 Å². The third-order valence-corrected chi connectivity index (χ3v) is 13.6. The van der Waals surface area contributed by atoms with Crippen molar-refractivity contribution < 1.29 is 28.6 Å². The molecule has 0 amide bonds. The number of aliphatic hydroxyl groups is 1. The molecular formula is C21H36O6Si. The number of esters is 1. The lowest BCUT2D eigenvalue weighted by molar-refractivity contribution is -0.159. The number of carbonyl (C=O) groups is 2. The molecule has 3 aliphatic rings. The molecule has 28 heavy (non-hydrogen) atoms. The molecule has 7 atom stereocenters. The van der Waals surface area contributed by atoms with E-state index in [-0.39, 0.29) is 30.2 Å². The molecule has 3 rings (SSSR count). The summed E-state index contributed by atoms with van der Waals surface area (Å²) in [4.78, 5) is 25.3. The lowest BCUT2D eigenvalue weighted by Gasteiger charge is -2.49. The number of aliphatic hydroxyl groups excluding tert-OH is 1. The van der Waals surface area contributed by atoms with E-state index in [0.717, 1.165) is 0 Å². The zero-order valence-corrected chi connectivity index (χ0v) is 19.2. The molecule has 0 aromatic heterocycles. The Morgan fingerprint density at radius 3 is 2.21 bits per heavy atom.